The summed E-state index contributed by atoms with van der Waals surface area (Å²) in [5, 5.41) is 0.909. The molecule has 1 heterocycles. The zero-order valence-corrected chi connectivity index (χ0v) is 13.1. The second-order valence-corrected chi connectivity index (χ2v) is 7.18. The molecule has 0 fully saturated rings. The first-order valence-corrected chi connectivity index (χ1v) is 7.82. The number of nitrogens with zero attached hydrogens (tertiary/aromatic N) is 1. The van der Waals surface area contributed by atoms with Crippen LogP contribution in [0, 0.1) is 11.3 Å². The van der Waals surface area contributed by atoms with E-state index in [1.807, 2.05) is 0 Å². The van der Waals surface area contributed by atoms with Gasteiger partial charge in [-0.2, -0.15) is 0 Å². The van der Waals surface area contributed by atoms with Crippen LogP contribution in [0.3, 0.4) is 0 Å². The van der Waals surface area contributed by atoms with E-state index in [1.165, 1.54) is 30.5 Å². The Morgan fingerprint density at radius 3 is 2.89 bits per heavy atom. The molecule has 0 radical (unpaired) electrons. The predicted octanol–water partition coefficient (Wildman–Crippen LogP) is 3.40. The Hall–Kier alpha value is -0.900. The summed E-state index contributed by atoms with van der Waals surface area (Å²) in [4.78, 5) is 17.3. The van der Waals surface area contributed by atoms with Crippen LogP contribution in [0.2, 0.25) is 0 Å². The van der Waals surface area contributed by atoms with Crippen molar-refractivity contribution in [1.82, 2.24) is 4.98 Å². The SMILES string of the molecule is CCC(C)(C)C1CCc2nc(CC(=O)OC)sc2C1. The molecular weight excluding hydrogens is 258 g/mol. The number of hydrogen-bond donors (Lipinski definition) is 0. The summed E-state index contributed by atoms with van der Waals surface area (Å²) in [7, 11) is 1.43. The number of carbonyl (C=O) groups is 1. The highest BCUT2D eigenvalue weighted by Gasteiger charge is 2.32. The van der Waals surface area contributed by atoms with Crippen LogP contribution >= 0.6 is 11.3 Å². The molecule has 1 unspecified atom stereocenters. The van der Waals surface area contributed by atoms with Crippen molar-refractivity contribution >= 4 is 17.3 Å². The molecule has 106 valence electrons. The van der Waals surface area contributed by atoms with Gasteiger partial charge in [0.15, 0.2) is 0 Å². The lowest BCUT2D eigenvalue weighted by atomic mass is 9.70. The van der Waals surface area contributed by atoms with Crippen LogP contribution in [-0.4, -0.2) is 18.1 Å². The lowest BCUT2D eigenvalue weighted by Gasteiger charge is -2.35. The molecule has 0 saturated carbocycles. The second-order valence-electron chi connectivity index (χ2n) is 6.01. The number of ether oxygens (including phenoxy) is 1. The minimum atomic E-state index is -0.198. The van der Waals surface area contributed by atoms with Crippen LogP contribution in [0.1, 0.15) is 49.2 Å². The summed E-state index contributed by atoms with van der Waals surface area (Å²) < 4.78 is 4.71. The van der Waals surface area contributed by atoms with Crippen molar-refractivity contribution in [1.29, 1.82) is 0 Å². The smallest absolute Gasteiger partial charge is 0.312 e. The van der Waals surface area contributed by atoms with Crippen LogP contribution in [-0.2, 0) is 28.8 Å². The number of fused-ring (bicyclic) bond motifs is 1. The van der Waals surface area contributed by atoms with Gasteiger partial charge < -0.3 is 4.74 Å². The number of hydrogen-bond acceptors (Lipinski definition) is 4. The molecule has 1 aromatic heterocycles. The Balaban J connectivity index is 2.11. The maximum absolute atomic E-state index is 11.3. The Labute approximate surface area is 119 Å². The molecule has 1 aliphatic rings. The monoisotopic (exact) mass is 281 g/mol. The third kappa shape index (κ3) is 3.16. The van der Waals surface area contributed by atoms with Gasteiger partial charge in [-0.25, -0.2) is 4.98 Å². The Morgan fingerprint density at radius 1 is 1.53 bits per heavy atom. The number of thiazole rings is 1. The van der Waals surface area contributed by atoms with Crippen LogP contribution in [0.25, 0.3) is 0 Å². The third-order valence-electron chi connectivity index (χ3n) is 4.52. The fraction of sp³-hybridized carbons (Fsp3) is 0.733. The lowest BCUT2D eigenvalue weighted by Crippen LogP contribution is -2.28. The molecule has 19 heavy (non-hydrogen) atoms. The van der Waals surface area contributed by atoms with Gasteiger partial charge >= 0.3 is 5.97 Å². The Bertz CT molecular complexity index is 465. The summed E-state index contributed by atoms with van der Waals surface area (Å²) in [6.45, 7) is 6.99. The molecule has 0 spiro atoms. The Morgan fingerprint density at radius 2 is 2.26 bits per heavy atom. The first-order chi connectivity index (χ1) is 8.96. The standard InChI is InChI=1S/C15H23NO2S/c1-5-15(2,3)10-6-7-11-12(8-10)19-13(16-11)9-14(17)18-4/h10H,5-9H2,1-4H3. The zero-order valence-electron chi connectivity index (χ0n) is 12.3. The maximum atomic E-state index is 11.3. The summed E-state index contributed by atoms with van der Waals surface area (Å²) in [5.41, 5.74) is 1.61. The predicted molar refractivity (Wildman–Crippen MR) is 77.4 cm³/mol. The van der Waals surface area contributed by atoms with E-state index in [9.17, 15) is 4.79 Å². The fourth-order valence-corrected chi connectivity index (χ4v) is 3.84. The van der Waals surface area contributed by atoms with Crippen LogP contribution in [0.5, 0.6) is 0 Å². The average molecular weight is 281 g/mol. The number of methoxy groups -OCH3 is 1. The molecule has 0 N–H and O–H groups in total. The number of aromatic nitrogens is 1. The van der Waals surface area contributed by atoms with Crippen molar-refractivity contribution in [3.8, 4) is 0 Å². The fourth-order valence-electron chi connectivity index (χ4n) is 2.66. The summed E-state index contributed by atoms with van der Waals surface area (Å²) >= 11 is 1.70. The molecular formula is C15H23NO2S. The molecule has 0 aromatic carbocycles. The van der Waals surface area contributed by atoms with Gasteiger partial charge in [-0.3, -0.25) is 4.79 Å². The highest BCUT2D eigenvalue weighted by atomic mass is 32.1. The first kappa shape index (κ1) is 14.5. The lowest BCUT2D eigenvalue weighted by molar-refractivity contribution is -0.139. The van der Waals surface area contributed by atoms with E-state index >= 15 is 0 Å². The largest absolute Gasteiger partial charge is 0.469 e. The number of rotatable bonds is 4. The van der Waals surface area contributed by atoms with Crippen molar-refractivity contribution < 1.29 is 9.53 Å². The van der Waals surface area contributed by atoms with E-state index in [2.05, 4.69) is 25.8 Å². The van der Waals surface area contributed by atoms with E-state index < -0.39 is 0 Å². The molecule has 0 bridgehead atoms. The maximum Gasteiger partial charge on any atom is 0.312 e. The van der Waals surface area contributed by atoms with Crippen LogP contribution in [0.15, 0.2) is 0 Å². The van der Waals surface area contributed by atoms with E-state index in [0.717, 1.165) is 23.8 Å². The molecule has 0 amide bonds. The summed E-state index contributed by atoms with van der Waals surface area (Å²) in [5.74, 6) is 0.535. The van der Waals surface area contributed by atoms with Crippen molar-refractivity contribution in [3.63, 3.8) is 0 Å². The minimum absolute atomic E-state index is 0.198. The molecule has 1 aliphatic carbocycles. The molecule has 1 atom stereocenters. The minimum Gasteiger partial charge on any atom is -0.469 e. The summed E-state index contributed by atoms with van der Waals surface area (Å²) in [6, 6.07) is 0. The highest BCUT2D eigenvalue weighted by Crippen LogP contribution is 2.41. The van der Waals surface area contributed by atoms with Gasteiger partial charge in [0.25, 0.3) is 0 Å². The van der Waals surface area contributed by atoms with Gasteiger partial charge in [-0.15, -0.1) is 11.3 Å². The molecule has 1 aromatic rings. The summed E-state index contributed by atoms with van der Waals surface area (Å²) in [6.07, 6.45) is 4.92. The van der Waals surface area contributed by atoms with Gasteiger partial charge in [-0.1, -0.05) is 27.2 Å². The van der Waals surface area contributed by atoms with Gasteiger partial charge in [0.05, 0.1) is 19.2 Å². The number of esters is 1. The van der Waals surface area contributed by atoms with Crippen LogP contribution in [0.4, 0.5) is 0 Å². The van der Waals surface area contributed by atoms with E-state index in [4.69, 9.17) is 4.74 Å². The Kier molecular flexibility index (Phi) is 4.29. The molecule has 3 nitrogen and oxygen atoms in total. The zero-order chi connectivity index (χ0) is 14.0. The van der Waals surface area contributed by atoms with Gasteiger partial charge in [0.1, 0.15) is 5.01 Å². The molecule has 0 saturated heterocycles. The van der Waals surface area contributed by atoms with Gasteiger partial charge in [0, 0.05) is 4.88 Å². The van der Waals surface area contributed by atoms with Crippen molar-refractivity contribution in [2.24, 2.45) is 11.3 Å². The quantitative estimate of drug-likeness (QED) is 0.794. The first-order valence-electron chi connectivity index (χ1n) is 7.00. The molecule has 4 heteroatoms. The van der Waals surface area contributed by atoms with Crippen molar-refractivity contribution in [3.05, 3.63) is 15.6 Å². The average Bonchev–Trinajstić information content (AvgIpc) is 2.79. The highest BCUT2D eigenvalue weighted by molar-refractivity contribution is 7.11. The normalized spacial score (nSPS) is 19.1. The molecule has 2 rings (SSSR count). The van der Waals surface area contributed by atoms with E-state index in [0.29, 0.717) is 11.8 Å². The second kappa shape index (κ2) is 5.61. The topological polar surface area (TPSA) is 39.2 Å². The number of carbonyl (C=O) groups excluding carboxylic acids is 1. The number of aryl methyl sites for hydroxylation is 1. The van der Waals surface area contributed by atoms with Crippen molar-refractivity contribution in [2.75, 3.05) is 7.11 Å². The third-order valence-corrected chi connectivity index (χ3v) is 5.64. The van der Waals surface area contributed by atoms with E-state index in [-0.39, 0.29) is 5.97 Å². The van der Waals surface area contributed by atoms with Crippen molar-refractivity contribution in [2.45, 2.75) is 52.9 Å². The van der Waals surface area contributed by atoms with Gasteiger partial charge in [0.2, 0.25) is 0 Å². The van der Waals surface area contributed by atoms with Gasteiger partial charge in [-0.05, 0) is 30.6 Å². The van der Waals surface area contributed by atoms with Crippen LogP contribution < -0.4 is 0 Å². The van der Waals surface area contributed by atoms with E-state index in [1.54, 1.807) is 11.3 Å². The molecule has 0 aliphatic heterocycles.